The van der Waals surface area contributed by atoms with Crippen LogP contribution in [0, 0.1) is 0 Å². The van der Waals surface area contributed by atoms with Gasteiger partial charge >= 0.3 is 0 Å². The number of carbonyl (C=O) groups excluding carboxylic acids is 1. The minimum Gasteiger partial charge on any atom is -0.508 e. The van der Waals surface area contributed by atoms with E-state index in [2.05, 4.69) is 0 Å². The minimum atomic E-state index is -0.477. The molecule has 154 valence electrons. The van der Waals surface area contributed by atoms with Crippen molar-refractivity contribution in [1.82, 2.24) is 0 Å². The van der Waals surface area contributed by atoms with Gasteiger partial charge in [0.25, 0.3) is 0 Å². The molecule has 0 radical (unpaired) electrons. The van der Waals surface area contributed by atoms with Crippen LogP contribution < -0.4 is 14.2 Å². The van der Waals surface area contributed by atoms with E-state index in [1.807, 2.05) is 30.3 Å². The molecule has 3 aromatic rings. The standard InChI is InChI=1S/C24H22O6/c1-28-16-8-9-18(25)15(10-16)11-17-22(29-2)13-20(27)23-19(26)12-21(30-24(17)23)14-6-4-3-5-7-14/h3-10,13,21,25,27H,11-12H2,1-2H3. The summed E-state index contributed by atoms with van der Waals surface area (Å²) in [5.41, 5.74) is 2.16. The smallest absolute Gasteiger partial charge is 0.174 e. The second-order valence-corrected chi connectivity index (χ2v) is 7.10. The van der Waals surface area contributed by atoms with E-state index in [4.69, 9.17) is 14.2 Å². The molecule has 6 nitrogen and oxygen atoms in total. The van der Waals surface area contributed by atoms with Crippen LogP contribution >= 0.6 is 0 Å². The number of hydrogen-bond acceptors (Lipinski definition) is 6. The summed E-state index contributed by atoms with van der Waals surface area (Å²) >= 11 is 0. The number of phenolic OH excluding ortho intramolecular Hbond substituents is 2. The number of ketones is 1. The molecule has 6 heteroatoms. The van der Waals surface area contributed by atoms with Crippen molar-refractivity contribution in [3.63, 3.8) is 0 Å². The summed E-state index contributed by atoms with van der Waals surface area (Å²) in [6, 6.07) is 15.8. The third-order valence-electron chi connectivity index (χ3n) is 5.28. The maximum absolute atomic E-state index is 12.9. The molecule has 0 spiro atoms. The molecule has 3 aromatic carbocycles. The molecule has 30 heavy (non-hydrogen) atoms. The van der Waals surface area contributed by atoms with E-state index in [9.17, 15) is 15.0 Å². The molecular formula is C24H22O6. The molecule has 1 heterocycles. The van der Waals surface area contributed by atoms with Crippen molar-refractivity contribution in [2.24, 2.45) is 0 Å². The second kappa shape index (κ2) is 7.99. The van der Waals surface area contributed by atoms with Crippen LogP contribution in [0.3, 0.4) is 0 Å². The predicted octanol–water partition coefficient (Wildman–Crippen LogP) is 4.41. The first-order chi connectivity index (χ1) is 14.5. The normalized spacial score (nSPS) is 15.3. The van der Waals surface area contributed by atoms with Gasteiger partial charge in [-0.05, 0) is 23.8 Å². The number of ether oxygens (including phenoxy) is 3. The van der Waals surface area contributed by atoms with Crippen LogP contribution in [0.5, 0.6) is 28.7 Å². The Bertz CT molecular complexity index is 1090. The molecule has 1 aliphatic heterocycles. The maximum atomic E-state index is 12.9. The quantitative estimate of drug-likeness (QED) is 0.653. The fourth-order valence-corrected chi connectivity index (χ4v) is 3.74. The lowest BCUT2D eigenvalue weighted by Crippen LogP contribution is -2.22. The molecule has 2 N–H and O–H groups in total. The molecule has 1 unspecified atom stereocenters. The fourth-order valence-electron chi connectivity index (χ4n) is 3.74. The Morgan fingerprint density at radius 3 is 2.47 bits per heavy atom. The van der Waals surface area contributed by atoms with Crippen LogP contribution in [-0.2, 0) is 6.42 Å². The molecule has 1 aliphatic rings. The SMILES string of the molecule is COc1ccc(O)c(Cc2c(OC)cc(O)c3c2OC(c2ccccc2)CC3=O)c1. The summed E-state index contributed by atoms with van der Waals surface area (Å²) in [6.45, 7) is 0. The highest BCUT2D eigenvalue weighted by Gasteiger charge is 2.34. The first-order valence-corrected chi connectivity index (χ1v) is 9.55. The van der Waals surface area contributed by atoms with Gasteiger partial charge in [0, 0.05) is 23.6 Å². The van der Waals surface area contributed by atoms with Crippen molar-refractivity contribution in [2.75, 3.05) is 14.2 Å². The minimum absolute atomic E-state index is 0.0847. The Hall–Kier alpha value is -3.67. The third kappa shape index (κ3) is 3.52. The molecule has 0 bridgehead atoms. The number of methoxy groups -OCH3 is 2. The van der Waals surface area contributed by atoms with Crippen LogP contribution in [-0.4, -0.2) is 30.2 Å². The van der Waals surface area contributed by atoms with Gasteiger partial charge in [-0.2, -0.15) is 0 Å². The van der Waals surface area contributed by atoms with Gasteiger partial charge < -0.3 is 24.4 Å². The zero-order valence-electron chi connectivity index (χ0n) is 16.7. The highest BCUT2D eigenvalue weighted by Crippen LogP contribution is 2.46. The van der Waals surface area contributed by atoms with E-state index < -0.39 is 6.10 Å². The van der Waals surface area contributed by atoms with Crippen molar-refractivity contribution in [3.8, 4) is 28.7 Å². The number of rotatable bonds is 5. The van der Waals surface area contributed by atoms with Gasteiger partial charge in [0.05, 0.1) is 20.6 Å². The molecule has 1 atom stereocenters. The number of hydrogen-bond donors (Lipinski definition) is 2. The lowest BCUT2D eigenvalue weighted by molar-refractivity contribution is 0.0842. The highest BCUT2D eigenvalue weighted by atomic mass is 16.5. The Labute approximate surface area is 174 Å². The van der Waals surface area contributed by atoms with Crippen LogP contribution in [0.4, 0.5) is 0 Å². The van der Waals surface area contributed by atoms with Crippen molar-refractivity contribution in [3.05, 3.63) is 76.9 Å². The fraction of sp³-hybridized carbons (Fsp3) is 0.208. The molecule has 0 fully saturated rings. The van der Waals surface area contributed by atoms with Crippen molar-refractivity contribution < 1.29 is 29.2 Å². The van der Waals surface area contributed by atoms with E-state index in [1.54, 1.807) is 25.3 Å². The molecule has 0 aliphatic carbocycles. The summed E-state index contributed by atoms with van der Waals surface area (Å²) < 4.78 is 17.0. The van der Waals surface area contributed by atoms with Crippen LogP contribution in [0.15, 0.2) is 54.6 Å². The van der Waals surface area contributed by atoms with Crippen LogP contribution in [0.2, 0.25) is 0 Å². The van der Waals surface area contributed by atoms with E-state index in [-0.39, 0.29) is 41.4 Å². The number of Topliss-reactive ketones (excluding diaryl/α,β-unsaturated/α-hetero) is 1. The Kier molecular flexibility index (Phi) is 5.23. The molecule has 0 amide bonds. The molecule has 0 saturated carbocycles. The average molecular weight is 406 g/mol. The molecule has 0 aromatic heterocycles. The Morgan fingerprint density at radius 2 is 1.77 bits per heavy atom. The topological polar surface area (TPSA) is 85.2 Å². The summed E-state index contributed by atoms with van der Waals surface area (Å²) in [5, 5.41) is 20.8. The van der Waals surface area contributed by atoms with Crippen molar-refractivity contribution in [2.45, 2.75) is 18.9 Å². The number of aromatic hydroxyl groups is 2. The monoisotopic (exact) mass is 406 g/mol. The first kappa shape index (κ1) is 19.6. The van der Waals surface area contributed by atoms with Gasteiger partial charge in [0.2, 0.25) is 0 Å². The van der Waals surface area contributed by atoms with E-state index in [0.717, 1.165) is 5.56 Å². The summed E-state index contributed by atoms with van der Waals surface area (Å²) in [5.74, 6) is 0.933. The second-order valence-electron chi connectivity index (χ2n) is 7.10. The van der Waals surface area contributed by atoms with E-state index >= 15 is 0 Å². The summed E-state index contributed by atoms with van der Waals surface area (Å²) in [6.07, 6.45) is -0.125. The molecule has 4 rings (SSSR count). The highest BCUT2D eigenvalue weighted by molar-refractivity contribution is 6.03. The first-order valence-electron chi connectivity index (χ1n) is 9.55. The van der Waals surface area contributed by atoms with Gasteiger partial charge in [0.15, 0.2) is 5.78 Å². The molecule has 0 saturated heterocycles. The van der Waals surface area contributed by atoms with E-state index in [1.165, 1.54) is 13.2 Å². The number of carbonyl (C=O) groups is 1. The zero-order chi connectivity index (χ0) is 21.3. The Balaban J connectivity index is 1.84. The number of fused-ring (bicyclic) bond motifs is 1. The average Bonchev–Trinajstić information content (AvgIpc) is 2.76. The lowest BCUT2D eigenvalue weighted by Gasteiger charge is -2.29. The largest absolute Gasteiger partial charge is 0.508 e. The maximum Gasteiger partial charge on any atom is 0.174 e. The van der Waals surface area contributed by atoms with Gasteiger partial charge in [-0.25, -0.2) is 0 Å². The van der Waals surface area contributed by atoms with Crippen molar-refractivity contribution in [1.29, 1.82) is 0 Å². The van der Waals surface area contributed by atoms with Crippen LogP contribution in [0.1, 0.15) is 39.6 Å². The lowest BCUT2D eigenvalue weighted by atomic mass is 9.91. The molecular weight excluding hydrogens is 384 g/mol. The third-order valence-corrected chi connectivity index (χ3v) is 5.28. The van der Waals surface area contributed by atoms with Crippen molar-refractivity contribution >= 4 is 5.78 Å². The van der Waals surface area contributed by atoms with Gasteiger partial charge in [-0.3, -0.25) is 4.79 Å². The Morgan fingerprint density at radius 1 is 1.00 bits per heavy atom. The summed E-state index contributed by atoms with van der Waals surface area (Å²) in [4.78, 5) is 12.9. The number of phenols is 2. The van der Waals surface area contributed by atoms with E-state index in [0.29, 0.717) is 22.6 Å². The zero-order valence-corrected chi connectivity index (χ0v) is 16.7. The summed E-state index contributed by atoms with van der Waals surface area (Å²) in [7, 11) is 3.03. The predicted molar refractivity (Wildman–Crippen MR) is 111 cm³/mol. The van der Waals surface area contributed by atoms with Gasteiger partial charge in [-0.15, -0.1) is 0 Å². The van der Waals surface area contributed by atoms with Gasteiger partial charge in [-0.1, -0.05) is 30.3 Å². The van der Waals surface area contributed by atoms with Gasteiger partial charge in [0.1, 0.15) is 40.4 Å². The van der Waals surface area contributed by atoms with Crippen LogP contribution in [0.25, 0.3) is 0 Å². The number of benzene rings is 3.